The quantitative estimate of drug-likeness (QED) is 0.631. The molecule has 2 aliphatic heterocycles. The summed E-state index contributed by atoms with van der Waals surface area (Å²) in [4.78, 5) is 12.6. The van der Waals surface area contributed by atoms with Crippen LogP contribution in [0.1, 0.15) is 83.5 Å². The topological polar surface area (TPSA) is 35.5 Å². The van der Waals surface area contributed by atoms with E-state index in [1.54, 1.807) is 0 Å². The minimum atomic E-state index is -0.575. The number of esters is 1. The molecule has 0 aromatic rings. The second-order valence-corrected chi connectivity index (χ2v) is 7.65. The summed E-state index contributed by atoms with van der Waals surface area (Å²) in [6, 6.07) is 0. The Labute approximate surface area is 121 Å². The first kappa shape index (κ1) is 13.1. The van der Waals surface area contributed by atoms with Gasteiger partial charge in [-0.1, -0.05) is 25.7 Å². The average molecular weight is 278 g/mol. The highest BCUT2D eigenvalue weighted by Crippen LogP contribution is 2.55. The fourth-order valence-corrected chi connectivity index (χ4v) is 5.16. The SMILES string of the molecule is O=C1OC2(CCCCC2)CC12CCC1(CCCCC1)O2. The van der Waals surface area contributed by atoms with Crippen LogP contribution in [0.25, 0.3) is 0 Å². The van der Waals surface area contributed by atoms with Crippen molar-refractivity contribution in [2.75, 3.05) is 0 Å². The summed E-state index contributed by atoms with van der Waals surface area (Å²) in [7, 11) is 0. The maximum absolute atomic E-state index is 12.6. The van der Waals surface area contributed by atoms with Crippen molar-refractivity contribution in [1.82, 2.24) is 0 Å². The van der Waals surface area contributed by atoms with Gasteiger partial charge in [-0.2, -0.15) is 0 Å². The summed E-state index contributed by atoms with van der Waals surface area (Å²) in [5.41, 5.74) is -0.734. The highest BCUT2D eigenvalue weighted by atomic mass is 16.6. The zero-order valence-corrected chi connectivity index (χ0v) is 12.4. The van der Waals surface area contributed by atoms with Gasteiger partial charge < -0.3 is 9.47 Å². The van der Waals surface area contributed by atoms with Crippen LogP contribution in [0.2, 0.25) is 0 Å². The van der Waals surface area contributed by atoms with Crippen molar-refractivity contribution in [2.24, 2.45) is 0 Å². The molecule has 112 valence electrons. The molecule has 0 N–H and O–H groups in total. The molecule has 4 fully saturated rings. The molecule has 1 atom stereocenters. The summed E-state index contributed by atoms with van der Waals surface area (Å²) < 4.78 is 12.4. The van der Waals surface area contributed by atoms with E-state index in [4.69, 9.17) is 9.47 Å². The zero-order chi connectivity index (χ0) is 13.7. The van der Waals surface area contributed by atoms with Gasteiger partial charge in [-0.25, -0.2) is 4.79 Å². The fraction of sp³-hybridized carbons (Fsp3) is 0.941. The first-order valence-corrected chi connectivity index (χ1v) is 8.60. The van der Waals surface area contributed by atoms with Crippen molar-refractivity contribution in [1.29, 1.82) is 0 Å². The van der Waals surface area contributed by atoms with Crippen LogP contribution >= 0.6 is 0 Å². The second kappa shape index (κ2) is 4.46. The fourth-order valence-electron chi connectivity index (χ4n) is 5.16. The molecule has 0 aromatic heterocycles. The summed E-state index contributed by atoms with van der Waals surface area (Å²) >= 11 is 0. The maximum Gasteiger partial charge on any atom is 0.339 e. The van der Waals surface area contributed by atoms with Crippen LogP contribution in [0, 0.1) is 0 Å². The Morgan fingerprint density at radius 2 is 1.30 bits per heavy atom. The molecule has 2 saturated heterocycles. The van der Waals surface area contributed by atoms with Crippen molar-refractivity contribution in [3.8, 4) is 0 Å². The number of hydrogen-bond acceptors (Lipinski definition) is 3. The van der Waals surface area contributed by atoms with E-state index < -0.39 is 5.60 Å². The van der Waals surface area contributed by atoms with E-state index in [0.717, 1.165) is 44.9 Å². The molecule has 4 aliphatic rings. The van der Waals surface area contributed by atoms with Gasteiger partial charge in [0.2, 0.25) is 0 Å². The van der Waals surface area contributed by atoms with Gasteiger partial charge in [0.05, 0.1) is 5.60 Å². The van der Waals surface area contributed by atoms with Crippen molar-refractivity contribution >= 4 is 5.97 Å². The smallest absolute Gasteiger partial charge is 0.339 e. The lowest BCUT2D eigenvalue weighted by molar-refractivity contribution is -0.171. The zero-order valence-electron chi connectivity index (χ0n) is 12.4. The van der Waals surface area contributed by atoms with E-state index >= 15 is 0 Å². The molecule has 0 bridgehead atoms. The van der Waals surface area contributed by atoms with Gasteiger partial charge in [-0.05, 0) is 51.4 Å². The van der Waals surface area contributed by atoms with Crippen LogP contribution in [-0.2, 0) is 14.3 Å². The lowest BCUT2D eigenvalue weighted by Gasteiger charge is -2.35. The predicted octanol–water partition coefficient (Wildman–Crippen LogP) is 3.89. The monoisotopic (exact) mass is 278 g/mol. The van der Waals surface area contributed by atoms with E-state index in [9.17, 15) is 4.79 Å². The molecule has 2 saturated carbocycles. The number of hydrogen-bond donors (Lipinski definition) is 0. The molecular formula is C17H26O3. The van der Waals surface area contributed by atoms with E-state index in [-0.39, 0.29) is 17.2 Å². The Morgan fingerprint density at radius 3 is 1.95 bits per heavy atom. The number of carbonyl (C=O) groups excluding carboxylic acids is 1. The average Bonchev–Trinajstić information content (AvgIpc) is 2.91. The van der Waals surface area contributed by atoms with Crippen molar-refractivity contribution in [2.45, 2.75) is 100 Å². The molecule has 3 spiro atoms. The molecule has 3 nitrogen and oxygen atoms in total. The lowest BCUT2D eigenvalue weighted by Crippen LogP contribution is -2.41. The van der Waals surface area contributed by atoms with Crippen LogP contribution in [0.4, 0.5) is 0 Å². The number of rotatable bonds is 0. The van der Waals surface area contributed by atoms with Crippen molar-refractivity contribution < 1.29 is 14.3 Å². The number of carbonyl (C=O) groups is 1. The normalized spacial score (nSPS) is 38.7. The van der Waals surface area contributed by atoms with E-state index in [2.05, 4.69) is 0 Å². The highest BCUT2D eigenvalue weighted by molar-refractivity contribution is 5.83. The van der Waals surface area contributed by atoms with Gasteiger partial charge in [0.25, 0.3) is 0 Å². The molecule has 20 heavy (non-hydrogen) atoms. The van der Waals surface area contributed by atoms with Crippen LogP contribution in [-0.4, -0.2) is 22.8 Å². The van der Waals surface area contributed by atoms with Crippen LogP contribution < -0.4 is 0 Å². The third kappa shape index (κ3) is 1.93. The first-order chi connectivity index (χ1) is 9.66. The van der Waals surface area contributed by atoms with Gasteiger partial charge in [0.1, 0.15) is 5.60 Å². The first-order valence-electron chi connectivity index (χ1n) is 8.60. The maximum atomic E-state index is 12.6. The van der Waals surface area contributed by atoms with Crippen LogP contribution in [0.3, 0.4) is 0 Å². The minimum absolute atomic E-state index is 0.0114. The molecule has 2 heterocycles. The van der Waals surface area contributed by atoms with Crippen molar-refractivity contribution in [3.63, 3.8) is 0 Å². The van der Waals surface area contributed by atoms with Crippen LogP contribution in [0.5, 0.6) is 0 Å². The molecule has 2 aliphatic carbocycles. The third-order valence-electron chi connectivity index (χ3n) is 6.21. The molecule has 0 amide bonds. The molecule has 0 aromatic carbocycles. The van der Waals surface area contributed by atoms with E-state index in [0.29, 0.717) is 0 Å². The van der Waals surface area contributed by atoms with E-state index in [1.165, 1.54) is 38.5 Å². The van der Waals surface area contributed by atoms with Gasteiger partial charge in [-0.15, -0.1) is 0 Å². The third-order valence-corrected chi connectivity index (χ3v) is 6.21. The molecule has 0 radical (unpaired) electrons. The minimum Gasteiger partial charge on any atom is -0.457 e. The van der Waals surface area contributed by atoms with Gasteiger partial charge in [0.15, 0.2) is 5.60 Å². The van der Waals surface area contributed by atoms with Gasteiger partial charge in [0, 0.05) is 6.42 Å². The molecule has 1 unspecified atom stereocenters. The molecule has 3 heteroatoms. The van der Waals surface area contributed by atoms with Gasteiger partial charge in [-0.3, -0.25) is 0 Å². The lowest BCUT2D eigenvalue weighted by atomic mass is 9.78. The summed E-state index contributed by atoms with van der Waals surface area (Å²) in [5, 5.41) is 0. The predicted molar refractivity (Wildman–Crippen MR) is 75.4 cm³/mol. The van der Waals surface area contributed by atoms with Crippen LogP contribution in [0.15, 0.2) is 0 Å². The Morgan fingerprint density at radius 1 is 0.700 bits per heavy atom. The summed E-state index contributed by atoms with van der Waals surface area (Å²) in [6.45, 7) is 0. The Balaban J connectivity index is 1.55. The standard InChI is InChI=1S/C17H26O3/c18-14-17(13-16(19-14)9-5-2-6-10-16)12-11-15(20-17)7-3-1-4-8-15/h1-13H2. The summed E-state index contributed by atoms with van der Waals surface area (Å²) in [6.07, 6.45) is 14.7. The number of ether oxygens (including phenoxy) is 2. The summed E-state index contributed by atoms with van der Waals surface area (Å²) in [5.74, 6) is -0.0400. The van der Waals surface area contributed by atoms with E-state index in [1.807, 2.05) is 0 Å². The Hall–Kier alpha value is -0.570. The Kier molecular flexibility index (Phi) is 2.93. The van der Waals surface area contributed by atoms with Crippen molar-refractivity contribution in [3.05, 3.63) is 0 Å². The molecule has 4 rings (SSSR count). The second-order valence-electron chi connectivity index (χ2n) is 7.65. The Bertz CT molecular complexity index is 400. The largest absolute Gasteiger partial charge is 0.457 e. The van der Waals surface area contributed by atoms with Gasteiger partial charge >= 0.3 is 5.97 Å². The highest BCUT2D eigenvalue weighted by Gasteiger charge is 2.63. The molecular weight excluding hydrogens is 252 g/mol.